The number of hydrogen-bond acceptors (Lipinski definition) is 7. The van der Waals surface area contributed by atoms with Gasteiger partial charge in [-0.1, -0.05) is 54.5 Å². The Morgan fingerprint density at radius 2 is 1.91 bits per heavy atom. The first-order valence-electron chi connectivity index (χ1n) is 20.2. The van der Waals surface area contributed by atoms with Crippen LogP contribution in [0.5, 0.6) is 0 Å². The molecule has 0 saturated carbocycles. The summed E-state index contributed by atoms with van der Waals surface area (Å²) in [4.78, 5) is 10.6. The Morgan fingerprint density at radius 1 is 1.17 bits per heavy atom. The maximum Gasteiger partial charge on any atom is 0.206 e. The van der Waals surface area contributed by atoms with Crippen LogP contribution in [0.15, 0.2) is 58.3 Å². The zero-order valence-electron chi connectivity index (χ0n) is 34.4. The molecule has 3 heterocycles. The van der Waals surface area contributed by atoms with Gasteiger partial charge < -0.3 is 14.4 Å². The molecule has 54 heavy (non-hydrogen) atoms. The molecule has 5 rings (SSSR count). The zero-order valence-corrected chi connectivity index (χ0v) is 35.2. The molecule has 0 amide bonds. The molecule has 2 aliphatic heterocycles. The second-order valence-corrected chi connectivity index (χ2v) is 17.4. The minimum Gasteiger partial charge on any atom is -0.476 e. The van der Waals surface area contributed by atoms with Crippen molar-refractivity contribution in [1.29, 1.82) is 5.26 Å². The molecule has 9 heteroatoms. The summed E-state index contributed by atoms with van der Waals surface area (Å²) in [5.41, 5.74) is 3.70. The number of allylic oxidation sites excluding steroid dienone is 6. The van der Waals surface area contributed by atoms with Gasteiger partial charge in [0.25, 0.3) is 0 Å². The van der Waals surface area contributed by atoms with Crippen LogP contribution in [0.1, 0.15) is 129 Å². The third kappa shape index (κ3) is 8.13. The molecule has 0 radical (unpaired) electrons. The number of methoxy groups -OCH3 is 1. The molecule has 2 aromatic rings. The van der Waals surface area contributed by atoms with Gasteiger partial charge in [0, 0.05) is 53.3 Å². The maximum atomic E-state index is 17.9. The van der Waals surface area contributed by atoms with Gasteiger partial charge in [0.1, 0.15) is 24.2 Å². The number of benzene rings is 1. The van der Waals surface area contributed by atoms with Crippen LogP contribution in [-0.4, -0.2) is 66.5 Å². The van der Waals surface area contributed by atoms with Gasteiger partial charge in [0.15, 0.2) is 5.83 Å². The maximum absolute atomic E-state index is 17.9. The first-order chi connectivity index (χ1) is 25.7. The summed E-state index contributed by atoms with van der Waals surface area (Å²) >= 11 is 1.30. The van der Waals surface area contributed by atoms with Gasteiger partial charge in [0.05, 0.1) is 21.9 Å². The SMILES string of the molecule is C=C(/N=C1/C(F)=C(c2ccc(F)c3sc(C(C)CC)c(C#N)c23)C(CC)=C/C1=C(/C)N(CC)C(CCC(C)C)C(C)C)OCC12CCCN1CC(OC)C2. The van der Waals surface area contributed by atoms with Crippen LogP contribution in [0.25, 0.3) is 15.7 Å². The number of fused-ring (bicyclic) bond motifs is 2. The molecule has 2 saturated heterocycles. The van der Waals surface area contributed by atoms with E-state index < -0.39 is 11.6 Å². The summed E-state index contributed by atoms with van der Waals surface area (Å²) in [7, 11) is 1.76. The van der Waals surface area contributed by atoms with E-state index >= 15 is 8.78 Å². The van der Waals surface area contributed by atoms with Crippen molar-refractivity contribution >= 4 is 32.7 Å². The zero-order chi connectivity index (χ0) is 39.5. The predicted octanol–water partition coefficient (Wildman–Crippen LogP) is 11.7. The molecular weight excluding hydrogens is 699 g/mol. The minimum atomic E-state index is -0.512. The Labute approximate surface area is 327 Å². The molecule has 1 aliphatic carbocycles. The quantitative estimate of drug-likeness (QED) is 0.159. The first kappa shape index (κ1) is 41.8. The molecule has 0 spiro atoms. The van der Waals surface area contributed by atoms with Crippen LogP contribution in [-0.2, 0) is 9.47 Å². The average Bonchev–Trinajstić information content (AvgIpc) is 3.84. The molecule has 6 nitrogen and oxygen atoms in total. The number of nitrogens with zero attached hydrogens (tertiary/aromatic N) is 4. The number of aliphatic imine (C=N–C) groups is 1. The van der Waals surface area contributed by atoms with E-state index in [1.165, 1.54) is 17.4 Å². The van der Waals surface area contributed by atoms with Crippen molar-refractivity contribution in [3.8, 4) is 6.07 Å². The summed E-state index contributed by atoms with van der Waals surface area (Å²) in [6.45, 7) is 26.6. The summed E-state index contributed by atoms with van der Waals surface area (Å²) < 4.78 is 46.0. The van der Waals surface area contributed by atoms with Crippen molar-refractivity contribution in [3.63, 3.8) is 0 Å². The smallest absolute Gasteiger partial charge is 0.206 e. The summed E-state index contributed by atoms with van der Waals surface area (Å²) in [5.74, 6) is 0.237. The van der Waals surface area contributed by atoms with Crippen LogP contribution < -0.4 is 0 Å². The monoisotopic (exact) mass is 760 g/mol. The number of hydrogen-bond donors (Lipinski definition) is 0. The van der Waals surface area contributed by atoms with Crippen molar-refractivity contribution < 1.29 is 18.3 Å². The highest BCUT2D eigenvalue weighted by Gasteiger charge is 2.49. The largest absolute Gasteiger partial charge is 0.476 e. The highest BCUT2D eigenvalue weighted by atomic mass is 32.1. The summed E-state index contributed by atoms with van der Waals surface area (Å²) in [5, 5.41) is 11.0. The number of halogens is 2. The highest BCUT2D eigenvalue weighted by Crippen LogP contribution is 2.47. The second kappa shape index (κ2) is 17.6. The molecule has 2 fully saturated rings. The van der Waals surface area contributed by atoms with Crippen LogP contribution in [0.3, 0.4) is 0 Å². The lowest BCUT2D eigenvalue weighted by atomic mass is 9.83. The summed E-state index contributed by atoms with van der Waals surface area (Å²) in [6.07, 6.45) is 8.62. The van der Waals surface area contributed by atoms with E-state index in [1.54, 1.807) is 13.2 Å². The van der Waals surface area contributed by atoms with Crippen molar-refractivity contribution in [1.82, 2.24) is 9.80 Å². The topological polar surface area (TPSA) is 61.1 Å². The fourth-order valence-corrected chi connectivity index (χ4v) is 10.2. The van der Waals surface area contributed by atoms with Crippen LogP contribution in [0.4, 0.5) is 8.78 Å². The normalized spacial score (nSPS) is 23.3. The second-order valence-electron chi connectivity index (χ2n) is 16.3. The van der Waals surface area contributed by atoms with Crippen molar-refractivity contribution in [3.05, 3.63) is 75.2 Å². The van der Waals surface area contributed by atoms with Gasteiger partial charge in [-0.3, -0.25) is 4.90 Å². The lowest BCUT2D eigenvalue weighted by molar-refractivity contribution is 0.0702. The Balaban J connectivity index is 1.69. The van der Waals surface area contributed by atoms with Crippen LogP contribution >= 0.6 is 11.3 Å². The molecule has 0 bridgehead atoms. The average molecular weight is 761 g/mol. The van der Waals surface area contributed by atoms with Gasteiger partial charge in [-0.25, -0.2) is 13.8 Å². The van der Waals surface area contributed by atoms with E-state index in [0.717, 1.165) is 74.3 Å². The first-order valence-corrected chi connectivity index (χ1v) is 21.0. The Kier molecular flexibility index (Phi) is 13.7. The van der Waals surface area contributed by atoms with Crippen molar-refractivity contribution in [2.75, 3.05) is 33.4 Å². The predicted molar refractivity (Wildman–Crippen MR) is 221 cm³/mol. The van der Waals surface area contributed by atoms with Crippen molar-refractivity contribution in [2.24, 2.45) is 16.8 Å². The third-order valence-corrected chi connectivity index (χ3v) is 13.6. The van der Waals surface area contributed by atoms with Gasteiger partial charge >= 0.3 is 0 Å². The number of rotatable bonds is 16. The van der Waals surface area contributed by atoms with E-state index in [0.29, 0.717) is 57.2 Å². The van der Waals surface area contributed by atoms with Crippen LogP contribution in [0, 0.1) is 29.0 Å². The fourth-order valence-electron chi connectivity index (χ4n) is 8.92. The minimum absolute atomic E-state index is 0.0596. The van der Waals surface area contributed by atoms with Crippen molar-refractivity contribution in [2.45, 2.75) is 131 Å². The van der Waals surface area contributed by atoms with E-state index in [9.17, 15) is 5.26 Å². The highest BCUT2D eigenvalue weighted by molar-refractivity contribution is 7.19. The van der Waals surface area contributed by atoms with Gasteiger partial charge in [0.2, 0.25) is 5.88 Å². The van der Waals surface area contributed by atoms with Gasteiger partial charge in [-0.05, 0) is 113 Å². The molecule has 0 N–H and O–H groups in total. The number of ether oxygens (including phenoxy) is 2. The van der Waals surface area contributed by atoms with E-state index in [4.69, 9.17) is 14.5 Å². The molecular formula is C45H62F2N4O2S. The number of thiophene rings is 1. The Morgan fingerprint density at radius 3 is 2.52 bits per heavy atom. The Bertz CT molecular complexity index is 1880. The van der Waals surface area contributed by atoms with E-state index in [-0.39, 0.29) is 35.2 Å². The standard InChI is InChI=1S/C45H62F2N4O2S/c1-12-29(8)43-36(24-48)40-34(17-18-37(46)44(40)54-43)39-32(13-2)22-35(30(9)51(14-3)38(28(6)7)19-16-27(4)5)42(41(39)47)49-31(10)53-26-45-20-15-21-50(45)25-33(23-45)52-11/h17-18,22,27-29,33,38H,10,12-16,19-21,23,25-26H2,1-9,11H3/b35-30+,49-42+. The fraction of sp³-hybridized carbons (Fsp3) is 0.600. The number of nitriles is 1. The Hall–Kier alpha value is -3.32. The lowest BCUT2D eigenvalue weighted by Crippen LogP contribution is -2.42. The summed E-state index contributed by atoms with van der Waals surface area (Å²) in [6, 6.07) is 5.67. The lowest BCUT2D eigenvalue weighted by Gasteiger charge is -2.38. The molecule has 294 valence electrons. The van der Waals surface area contributed by atoms with E-state index in [1.807, 2.05) is 13.8 Å². The van der Waals surface area contributed by atoms with E-state index in [2.05, 4.69) is 77.0 Å². The van der Waals surface area contributed by atoms with Gasteiger partial charge in [-0.15, -0.1) is 11.3 Å². The van der Waals surface area contributed by atoms with Gasteiger partial charge in [-0.2, -0.15) is 5.26 Å². The third-order valence-electron chi connectivity index (χ3n) is 12.2. The molecule has 3 aliphatic rings. The molecule has 1 aromatic heterocycles. The molecule has 4 atom stereocenters. The molecule has 1 aromatic carbocycles. The van der Waals surface area contributed by atoms with Crippen LogP contribution in [0.2, 0.25) is 0 Å². The molecule has 4 unspecified atom stereocenters.